The number of likely N-dealkylation sites (N-methyl/N-ethyl adjacent to an activating group) is 1. The molecule has 0 saturated heterocycles. The van der Waals surface area contributed by atoms with E-state index in [2.05, 4.69) is 0 Å². The smallest absolute Gasteiger partial charge is 0.265 e. The van der Waals surface area contributed by atoms with Gasteiger partial charge in [-0.05, 0) is 42.0 Å². The van der Waals surface area contributed by atoms with Crippen molar-refractivity contribution in [3.8, 4) is 17.2 Å². The molecule has 0 radical (unpaired) electrons. The Labute approximate surface area is 199 Å². The lowest BCUT2D eigenvalue weighted by Crippen LogP contribution is -2.50. The van der Waals surface area contributed by atoms with Crippen molar-refractivity contribution in [2.75, 3.05) is 32.1 Å². The number of hydrogen-bond donors (Lipinski definition) is 0. The Hall–Kier alpha value is -3.72. The van der Waals surface area contributed by atoms with Crippen LogP contribution in [-0.4, -0.2) is 53.1 Å². The lowest BCUT2D eigenvalue weighted by molar-refractivity contribution is -0.137. The van der Waals surface area contributed by atoms with Crippen LogP contribution in [0.3, 0.4) is 0 Å². The van der Waals surface area contributed by atoms with Crippen molar-refractivity contribution in [2.24, 2.45) is 0 Å². The second-order valence-corrected chi connectivity index (χ2v) is 9.67. The van der Waals surface area contributed by atoms with Crippen LogP contribution in [-0.2, 0) is 21.4 Å². The van der Waals surface area contributed by atoms with Gasteiger partial charge < -0.3 is 19.1 Å². The number of anilines is 1. The zero-order valence-corrected chi connectivity index (χ0v) is 20.0. The van der Waals surface area contributed by atoms with Gasteiger partial charge in [0.2, 0.25) is 0 Å². The van der Waals surface area contributed by atoms with Crippen molar-refractivity contribution in [3.63, 3.8) is 0 Å². The van der Waals surface area contributed by atoms with Gasteiger partial charge in [0.05, 0.1) is 31.3 Å². The number of hydrogen-bond acceptors (Lipinski definition) is 6. The Morgan fingerprint density at radius 3 is 2.38 bits per heavy atom. The number of rotatable bonds is 7. The molecular formula is C25H26N2O6S. The van der Waals surface area contributed by atoms with Crippen LogP contribution in [0.5, 0.6) is 17.2 Å². The van der Waals surface area contributed by atoms with Gasteiger partial charge in [0.1, 0.15) is 5.75 Å². The molecule has 0 saturated carbocycles. The summed E-state index contributed by atoms with van der Waals surface area (Å²) in [5.74, 6) is 1.15. The molecule has 1 aliphatic heterocycles. The van der Waals surface area contributed by atoms with E-state index in [1.165, 1.54) is 21.3 Å². The molecule has 3 aromatic carbocycles. The normalized spacial score (nSPS) is 15.1. The van der Waals surface area contributed by atoms with Crippen molar-refractivity contribution in [1.82, 2.24) is 4.90 Å². The van der Waals surface area contributed by atoms with Crippen LogP contribution in [0, 0.1) is 0 Å². The first-order valence-electron chi connectivity index (χ1n) is 10.6. The summed E-state index contributed by atoms with van der Waals surface area (Å²) < 4.78 is 44.7. The van der Waals surface area contributed by atoms with Gasteiger partial charge >= 0.3 is 0 Å². The fourth-order valence-corrected chi connectivity index (χ4v) is 5.35. The van der Waals surface area contributed by atoms with E-state index in [1.807, 2.05) is 6.07 Å². The standard InChI is InChI=1S/C25H26N2O6S/c1-26(16-18-13-14-22(31-2)23(15-18)32-3)25(28)24-17-27(20-11-7-8-12-21(20)33-24)34(29,30)19-9-5-4-6-10-19/h4-15,24H,16-17H2,1-3H3/t24-/m1/s1. The van der Waals surface area contributed by atoms with E-state index in [1.54, 1.807) is 75.9 Å². The van der Waals surface area contributed by atoms with E-state index >= 15 is 0 Å². The highest BCUT2D eigenvalue weighted by molar-refractivity contribution is 7.92. The third-order valence-corrected chi connectivity index (χ3v) is 7.38. The summed E-state index contributed by atoms with van der Waals surface area (Å²) in [6, 6.07) is 20.4. The van der Waals surface area contributed by atoms with Crippen molar-refractivity contribution >= 4 is 21.6 Å². The molecule has 0 spiro atoms. The monoisotopic (exact) mass is 482 g/mol. The minimum Gasteiger partial charge on any atom is -0.493 e. The van der Waals surface area contributed by atoms with E-state index in [4.69, 9.17) is 14.2 Å². The van der Waals surface area contributed by atoms with Crippen LogP contribution < -0.4 is 18.5 Å². The van der Waals surface area contributed by atoms with E-state index in [0.29, 0.717) is 22.9 Å². The van der Waals surface area contributed by atoms with E-state index in [9.17, 15) is 13.2 Å². The lowest BCUT2D eigenvalue weighted by atomic mass is 10.1. The number of ether oxygens (including phenoxy) is 3. The second kappa shape index (κ2) is 9.64. The predicted molar refractivity (Wildman–Crippen MR) is 128 cm³/mol. The second-order valence-electron chi connectivity index (χ2n) is 7.81. The SMILES string of the molecule is COc1ccc(CN(C)C(=O)[C@H]2CN(S(=O)(=O)c3ccccc3)c3ccccc3O2)cc1OC. The average molecular weight is 483 g/mol. The molecule has 0 aromatic heterocycles. The summed E-state index contributed by atoms with van der Waals surface area (Å²) in [4.78, 5) is 15.0. The molecule has 1 aliphatic rings. The van der Waals surface area contributed by atoms with Crippen molar-refractivity contribution in [2.45, 2.75) is 17.5 Å². The third kappa shape index (κ3) is 4.51. The largest absolute Gasteiger partial charge is 0.493 e. The van der Waals surface area contributed by atoms with Gasteiger partial charge in [0.15, 0.2) is 17.6 Å². The molecule has 8 nitrogen and oxygen atoms in total. The topological polar surface area (TPSA) is 85.4 Å². The number of fused-ring (bicyclic) bond motifs is 1. The highest BCUT2D eigenvalue weighted by Gasteiger charge is 2.38. The Morgan fingerprint density at radius 1 is 1.00 bits per heavy atom. The van der Waals surface area contributed by atoms with Crippen molar-refractivity contribution < 1.29 is 27.4 Å². The quantitative estimate of drug-likeness (QED) is 0.514. The van der Waals surface area contributed by atoms with Gasteiger partial charge in [-0.1, -0.05) is 36.4 Å². The molecule has 1 amide bonds. The van der Waals surface area contributed by atoms with Gasteiger partial charge in [0, 0.05) is 13.6 Å². The lowest BCUT2D eigenvalue weighted by Gasteiger charge is -2.36. The maximum atomic E-state index is 13.4. The van der Waals surface area contributed by atoms with Gasteiger partial charge in [-0.25, -0.2) is 8.42 Å². The number of carbonyl (C=O) groups is 1. The Bertz CT molecular complexity index is 1280. The molecule has 178 valence electrons. The van der Waals surface area contributed by atoms with Crippen LogP contribution in [0.2, 0.25) is 0 Å². The maximum Gasteiger partial charge on any atom is 0.265 e. The maximum absolute atomic E-state index is 13.4. The van der Waals surface area contributed by atoms with Crippen molar-refractivity contribution in [1.29, 1.82) is 0 Å². The molecule has 0 aliphatic carbocycles. The summed E-state index contributed by atoms with van der Waals surface area (Å²) in [6.45, 7) is 0.148. The molecule has 9 heteroatoms. The molecule has 1 heterocycles. The van der Waals surface area contributed by atoms with E-state index in [-0.39, 0.29) is 23.9 Å². The summed E-state index contributed by atoms with van der Waals surface area (Å²) in [5, 5.41) is 0. The number of methoxy groups -OCH3 is 2. The number of benzene rings is 3. The fourth-order valence-electron chi connectivity index (χ4n) is 3.85. The molecular weight excluding hydrogens is 456 g/mol. The van der Waals surface area contributed by atoms with Gasteiger partial charge in [-0.15, -0.1) is 0 Å². The van der Waals surface area contributed by atoms with Gasteiger partial charge in [0.25, 0.3) is 15.9 Å². The number of para-hydroxylation sites is 2. The Morgan fingerprint density at radius 2 is 1.68 bits per heavy atom. The molecule has 0 N–H and O–H groups in total. The molecule has 0 unspecified atom stereocenters. The predicted octanol–water partition coefficient (Wildman–Crippen LogP) is 3.32. The third-order valence-electron chi connectivity index (χ3n) is 5.59. The first-order chi connectivity index (χ1) is 16.3. The number of carbonyl (C=O) groups excluding carboxylic acids is 1. The number of nitrogens with zero attached hydrogens (tertiary/aromatic N) is 2. The van der Waals surface area contributed by atoms with Gasteiger partial charge in [-0.2, -0.15) is 0 Å². The Balaban J connectivity index is 1.59. The molecule has 34 heavy (non-hydrogen) atoms. The van der Waals surface area contributed by atoms with Crippen LogP contribution in [0.1, 0.15) is 5.56 Å². The van der Waals surface area contributed by atoms with Crippen LogP contribution in [0.15, 0.2) is 77.7 Å². The average Bonchev–Trinajstić information content (AvgIpc) is 2.87. The zero-order valence-electron chi connectivity index (χ0n) is 19.2. The van der Waals surface area contributed by atoms with Crippen LogP contribution in [0.25, 0.3) is 0 Å². The number of amides is 1. The van der Waals surface area contributed by atoms with Crippen molar-refractivity contribution in [3.05, 3.63) is 78.4 Å². The molecule has 4 rings (SSSR count). The fraction of sp³-hybridized carbons (Fsp3) is 0.240. The highest BCUT2D eigenvalue weighted by Crippen LogP contribution is 2.37. The summed E-state index contributed by atoms with van der Waals surface area (Å²) >= 11 is 0. The summed E-state index contributed by atoms with van der Waals surface area (Å²) in [6.07, 6.45) is -1.00. The highest BCUT2D eigenvalue weighted by atomic mass is 32.2. The first kappa shape index (κ1) is 23.4. The zero-order chi connectivity index (χ0) is 24.3. The van der Waals surface area contributed by atoms with E-state index in [0.717, 1.165) is 5.56 Å². The van der Waals surface area contributed by atoms with Crippen LogP contribution in [0.4, 0.5) is 5.69 Å². The summed E-state index contributed by atoms with van der Waals surface area (Å²) in [7, 11) is 0.864. The molecule has 0 fully saturated rings. The number of sulfonamides is 1. The molecule has 3 aromatic rings. The first-order valence-corrected chi connectivity index (χ1v) is 12.1. The van der Waals surface area contributed by atoms with E-state index < -0.39 is 16.1 Å². The molecule has 0 bridgehead atoms. The van der Waals surface area contributed by atoms with Gasteiger partial charge in [-0.3, -0.25) is 9.10 Å². The summed E-state index contributed by atoms with van der Waals surface area (Å²) in [5.41, 5.74) is 1.23. The molecule has 1 atom stereocenters. The van der Waals surface area contributed by atoms with Crippen LogP contribution >= 0.6 is 0 Å². The minimum atomic E-state index is -3.89. The minimum absolute atomic E-state index is 0.136. The Kier molecular flexibility index (Phi) is 6.65.